The van der Waals surface area contributed by atoms with Crippen molar-refractivity contribution in [3.63, 3.8) is 0 Å². The van der Waals surface area contributed by atoms with Crippen LogP contribution in [-0.2, 0) is 17.6 Å². The number of aryl methyl sites for hydroxylation is 4. The summed E-state index contributed by atoms with van der Waals surface area (Å²) in [5.41, 5.74) is 7.57. The second-order valence-electron chi connectivity index (χ2n) is 8.40. The fourth-order valence-electron chi connectivity index (χ4n) is 4.28. The normalized spacial score (nSPS) is 11.2. The van der Waals surface area contributed by atoms with Crippen molar-refractivity contribution in [1.82, 2.24) is 19.9 Å². The van der Waals surface area contributed by atoms with Crippen LogP contribution in [0.4, 0.5) is 4.39 Å². The van der Waals surface area contributed by atoms with Crippen LogP contribution < -0.4 is 5.32 Å². The van der Waals surface area contributed by atoms with Crippen molar-refractivity contribution in [1.29, 1.82) is 0 Å². The van der Waals surface area contributed by atoms with Crippen LogP contribution in [0, 0.1) is 26.6 Å². The molecule has 0 spiro atoms. The van der Waals surface area contributed by atoms with Gasteiger partial charge in [-0.05, 0) is 68.9 Å². The average Bonchev–Trinajstić information content (AvgIpc) is 3.14. The predicted molar refractivity (Wildman–Crippen MR) is 129 cm³/mol. The van der Waals surface area contributed by atoms with E-state index in [1.165, 1.54) is 17.7 Å². The monoisotopic (exact) mass is 444 g/mol. The Bertz CT molecular complexity index is 1260. The second kappa shape index (κ2) is 9.94. The number of hydrogen-bond acceptors (Lipinski definition) is 3. The molecule has 1 amide bonds. The largest absolute Gasteiger partial charge is 0.356 e. The fourth-order valence-corrected chi connectivity index (χ4v) is 4.28. The Hall–Kier alpha value is -3.54. The van der Waals surface area contributed by atoms with E-state index < -0.39 is 0 Å². The number of fused-ring (bicyclic) bond motifs is 1. The lowest BCUT2D eigenvalue weighted by Crippen LogP contribution is -2.25. The minimum absolute atomic E-state index is 0.0469. The number of halogens is 1. The van der Waals surface area contributed by atoms with Gasteiger partial charge in [-0.25, -0.2) is 13.9 Å². The van der Waals surface area contributed by atoms with Crippen molar-refractivity contribution >= 4 is 11.6 Å². The van der Waals surface area contributed by atoms with E-state index in [9.17, 15) is 9.18 Å². The summed E-state index contributed by atoms with van der Waals surface area (Å²) < 4.78 is 15.2. The molecule has 4 rings (SSSR count). The fraction of sp³-hybridized carbons (Fsp3) is 0.296. The highest BCUT2D eigenvalue weighted by molar-refractivity contribution is 5.80. The van der Waals surface area contributed by atoms with Gasteiger partial charge in [-0.3, -0.25) is 4.79 Å². The lowest BCUT2D eigenvalue weighted by atomic mass is 10.0. The molecule has 4 aromatic rings. The number of hydrogen-bond donors (Lipinski definition) is 1. The number of aromatic nitrogens is 3. The summed E-state index contributed by atoms with van der Waals surface area (Å²) in [4.78, 5) is 17.2. The number of nitrogens with zero attached hydrogens (tertiary/aromatic N) is 3. The van der Waals surface area contributed by atoms with Gasteiger partial charge in [-0.15, -0.1) is 0 Å². The molecule has 170 valence electrons. The lowest BCUT2D eigenvalue weighted by Gasteiger charge is -2.12. The third-order valence-corrected chi connectivity index (χ3v) is 6.04. The molecule has 2 heterocycles. The highest BCUT2D eigenvalue weighted by Gasteiger charge is 2.18. The van der Waals surface area contributed by atoms with E-state index in [1.54, 1.807) is 12.1 Å². The number of amides is 1. The topological polar surface area (TPSA) is 59.3 Å². The van der Waals surface area contributed by atoms with Gasteiger partial charge < -0.3 is 5.32 Å². The standard InChI is InChI=1S/C27H29FN4O/c1-18-24(15-16-25(33)29-17-7-10-21-8-5-4-6-9-21)20(3)32-27(30-18)26(19(2)31-32)22-11-13-23(28)14-12-22/h4-6,8-9,11-14H,7,10,15-17H2,1-3H3,(H,29,33). The van der Waals surface area contributed by atoms with Crippen LogP contribution in [0.5, 0.6) is 0 Å². The number of benzene rings is 2. The quantitative estimate of drug-likeness (QED) is 0.383. The zero-order chi connectivity index (χ0) is 23.4. The minimum Gasteiger partial charge on any atom is -0.356 e. The summed E-state index contributed by atoms with van der Waals surface area (Å²) in [6.45, 7) is 6.58. The van der Waals surface area contributed by atoms with Gasteiger partial charge in [0.05, 0.1) is 5.69 Å². The van der Waals surface area contributed by atoms with E-state index in [-0.39, 0.29) is 11.7 Å². The predicted octanol–water partition coefficient (Wildman–Crippen LogP) is 5.14. The Kier molecular flexibility index (Phi) is 6.82. The Balaban J connectivity index is 1.43. The zero-order valence-electron chi connectivity index (χ0n) is 19.4. The molecular weight excluding hydrogens is 415 g/mol. The minimum atomic E-state index is -0.270. The Morgan fingerprint density at radius 2 is 1.70 bits per heavy atom. The summed E-state index contributed by atoms with van der Waals surface area (Å²) in [7, 11) is 0. The van der Waals surface area contributed by atoms with Gasteiger partial charge in [0.2, 0.25) is 5.91 Å². The van der Waals surface area contributed by atoms with Crippen LogP contribution in [0.25, 0.3) is 16.8 Å². The molecule has 0 saturated heterocycles. The van der Waals surface area contributed by atoms with Crippen LogP contribution in [0.3, 0.4) is 0 Å². The molecule has 0 radical (unpaired) electrons. The van der Waals surface area contributed by atoms with Gasteiger partial charge in [-0.1, -0.05) is 42.5 Å². The van der Waals surface area contributed by atoms with Gasteiger partial charge in [0.1, 0.15) is 5.82 Å². The van der Waals surface area contributed by atoms with E-state index in [0.29, 0.717) is 19.4 Å². The van der Waals surface area contributed by atoms with Crippen molar-refractivity contribution in [3.05, 3.63) is 88.6 Å². The molecule has 0 aliphatic carbocycles. The molecule has 5 nitrogen and oxygen atoms in total. The summed E-state index contributed by atoms with van der Waals surface area (Å²) in [5.74, 6) is -0.223. The molecule has 1 N–H and O–H groups in total. The average molecular weight is 445 g/mol. The van der Waals surface area contributed by atoms with Crippen molar-refractivity contribution < 1.29 is 9.18 Å². The molecule has 2 aromatic carbocycles. The van der Waals surface area contributed by atoms with Gasteiger partial charge in [0.25, 0.3) is 0 Å². The first-order valence-corrected chi connectivity index (χ1v) is 11.4. The Morgan fingerprint density at radius 1 is 0.970 bits per heavy atom. The molecule has 0 saturated carbocycles. The molecule has 6 heteroatoms. The van der Waals surface area contributed by atoms with E-state index in [1.807, 2.05) is 43.5 Å². The molecule has 0 unspecified atom stereocenters. The van der Waals surface area contributed by atoms with E-state index in [2.05, 4.69) is 22.5 Å². The molecule has 2 aromatic heterocycles. The maximum absolute atomic E-state index is 13.4. The van der Waals surface area contributed by atoms with Gasteiger partial charge in [0, 0.05) is 29.9 Å². The van der Waals surface area contributed by atoms with Crippen molar-refractivity contribution in [2.75, 3.05) is 6.54 Å². The SMILES string of the molecule is Cc1nc2c(-c3ccc(F)cc3)c(C)nn2c(C)c1CCC(=O)NCCCc1ccccc1. The number of rotatable bonds is 8. The molecule has 0 aliphatic rings. The summed E-state index contributed by atoms with van der Waals surface area (Å²) in [6, 6.07) is 16.7. The van der Waals surface area contributed by atoms with Crippen LogP contribution >= 0.6 is 0 Å². The van der Waals surface area contributed by atoms with Crippen molar-refractivity contribution in [3.8, 4) is 11.1 Å². The molecule has 0 bridgehead atoms. The Morgan fingerprint density at radius 3 is 2.42 bits per heavy atom. The van der Waals surface area contributed by atoms with Crippen LogP contribution in [0.1, 0.15) is 41.1 Å². The molecule has 0 fully saturated rings. The maximum atomic E-state index is 13.4. The highest BCUT2D eigenvalue weighted by atomic mass is 19.1. The first-order valence-electron chi connectivity index (χ1n) is 11.4. The van der Waals surface area contributed by atoms with Gasteiger partial charge >= 0.3 is 0 Å². The summed E-state index contributed by atoms with van der Waals surface area (Å²) in [6.07, 6.45) is 2.89. The van der Waals surface area contributed by atoms with Crippen molar-refractivity contribution in [2.45, 2.75) is 46.5 Å². The number of carbonyl (C=O) groups is 1. The third-order valence-electron chi connectivity index (χ3n) is 6.04. The first kappa shape index (κ1) is 22.6. The van der Waals surface area contributed by atoms with Crippen LogP contribution in [-0.4, -0.2) is 27.0 Å². The van der Waals surface area contributed by atoms with E-state index in [4.69, 9.17) is 4.98 Å². The van der Waals surface area contributed by atoms with Gasteiger partial charge in [-0.2, -0.15) is 5.10 Å². The van der Waals surface area contributed by atoms with Crippen LogP contribution in [0.15, 0.2) is 54.6 Å². The summed E-state index contributed by atoms with van der Waals surface area (Å²) >= 11 is 0. The van der Waals surface area contributed by atoms with Crippen molar-refractivity contribution in [2.24, 2.45) is 0 Å². The maximum Gasteiger partial charge on any atom is 0.220 e. The number of nitrogens with one attached hydrogen (secondary N) is 1. The Labute approximate surface area is 193 Å². The van der Waals surface area contributed by atoms with E-state index >= 15 is 0 Å². The molecule has 0 aliphatic heterocycles. The lowest BCUT2D eigenvalue weighted by molar-refractivity contribution is -0.121. The van der Waals surface area contributed by atoms with Gasteiger partial charge in [0.15, 0.2) is 5.65 Å². The third kappa shape index (κ3) is 5.11. The highest BCUT2D eigenvalue weighted by Crippen LogP contribution is 2.29. The molecule has 0 atom stereocenters. The van der Waals surface area contributed by atoms with Crippen LogP contribution in [0.2, 0.25) is 0 Å². The van der Waals surface area contributed by atoms with E-state index in [0.717, 1.165) is 52.3 Å². The zero-order valence-corrected chi connectivity index (χ0v) is 19.4. The smallest absolute Gasteiger partial charge is 0.220 e. The summed E-state index contributed by atoms with van der Waals surface area (Å²) in [5, 5.41) is 7.72. The first-order chi connectivity index (χ1) is 15.9. The molecule has 33 heavy (non-hydrogen) atoms. The number of carbonyl (C=O) groups excluding carboxylic acids is 1. The second-order valence-corrected chi connectivity index (χ2v) is 8.40. The molecular formula is C27H29FN4O.